The molecule has 0 N–H and O–H groups in total. The van der Waals surface area contributed by atoms with Gasteiger partial charge in [0.15, 0.2) is 5.82 Å². The topological polar surface area (TPSA) is 43.6 Å². The largest absolute Gasteiger partial charge is 0.311 e. The summed E-state index contributed by atoms with van der Waals surface area (Å²) < 4.78 is 2.24. The lowest BCUT2D eigenvalue weighted by Gasteiger charge is -2.20. The fourth-order valence-corrected chi connectivity index (χ4v) is 2.21. The van der Waals surface area contributed by atoms with Crippen LogP contribution in [0.1, 0.15) is 19.2 Å². The van der Waals surface area contributed by atoms with Crippen LogP contribution in [0.3, 0.4) is 0 Å². The van der Waals surface area contributed by atoms with Crippen molar-refractivity contribution in [1.29, 1.82) is 0 Å². The second-order valence-electron chi connectivity index (χ2n) is 4.43. The maximum absolute atomic E-state index is 4.29. The second-order valence-corrected chi connectivity index (χ2v) is 4.43. The summed E-state index contributed by atoms with van der Waals surface area (Å²) in [6.45, 7) is 3.30. The first-order chi connectivity index (χ1) is 7.84. The first-order valence-corrected chi connectivity index (χ1v) is 5.67. The fraction of sp³-hybridized carbons (Fsp3) is 0.417. The summed E-state index contributed by atoms with van der Waals surface area (Å²) in [5.74, 6) is 2.80. The molecule has 2 aromatic rings. The number of aromatic nitrogens is 4. The van der Waals surface area contributed by atoms with Gasteiger partial charge < -0.3 is 4.57 Å². The standard InChI is InChI=1S/C12H14N4/c1-9-2-3-11-14-15-12(16(11)8-9)10-4-6-13-7-5-10/h4-7,9H,2-3,8H2,1H3. The smallest absolute Gasteiger partial charge is 0.164 e. The Morgan fingerprint density at radius 3 is 2.88 bits per heavy atom. The molecule has 1 atom stereocenters. The Labute approximate surface area is 94.4 Å². The van der Waals surface area contributed by atoms with Crippen molar-refractivity contribution in [3.05, 3.63) is 30.4 Å². The third-order valence-corrected chi connectivity index (χ3v) is 3.12. The summed E-state index contributed by atoms with van der Waals surface area (Å²) in [6.07, 6.45) is 5.85. The molecule has 0 saturated heterocycles. The van der Waals surface area contributed by atoms with Gasteiger partial charge in [0.1, 0.15) is 5.82 Å². The van der Waals surface area contributed by atoms with Gasteiger partial charge in [-0.1, -0.05) is 6.92 Å². The van der Waals surface area contributed by atoms with Crippen molar-refractivity contribution in [3.8, 4) is 11.4 Å². The minimum atomic E-state index is 0.712. The normalized spacial score (nSPS) is 19.4. The van der Waals surface area contributed by atoms with Crippen molar-refractivity contribution < 1.29 is 0 Å². The van der Waals surface area contributed by atoms with Gasteiger partial charge in [0.25, 0.3) is 0 Å². The predicted molar refractivity (Wildman–Crippen MR) is 60.7 cm³/mol. The van der Waals surface area contributed by atoms with Crippen LogP contribution < -0.4 is 0 Å². The van der Waals surface area contributed by atoms with Gasteiger partial charge in [-0.3, -0.25) is 4.98 Å². The molecule has 1 aliphatic rings. The number of nitrogens with zero attached hydrogens (tertiary/aromatic N) is 4. The molecule has 0 fully saturated rings. The third kappa shape index (κ3) is 1.50. The zero-order valence-corrected chi connectivity index (χ0v) is 9.30. The molecule has 0 aromatic carbocycles. The van der Waals surface area contributed by atoms with E-state index in [2.05, 4.69) is 26.7 Å². The highest BCUT2D eigenvalue weighted by atomic mass is 15.3. The highest BCUT2D eigenvalue weighted by Crippen LogP contribution is 2.24. The van der Waals surface area contributed by atoms with Crippen molar-refractivity contribution >= 4 is 0 Å². The molecule has 3 heterocycles. The molecule has 3 rings (SSSR count). The van der Waals surface area contributed by atoms with E-state index < -0.39 is 0 Å². The molecule has 2 aromatic heterocycles. The van der Waals surface area contributed by atoms with E-state index >= 15 is 0 Å². The highest BCUT2D eigenvalue weighted by molar-refractivity contribution is 5.54. The van der Waals surface area contributed by atoms with Crippen LogP contribution in [0.15, 0.2) is 24.5 Å². The molecule has 4 heteroatoms. The maximum atomic E-state index is 4.29. The van der Waals surface area contributed by atoms with Gasteiger partial charge in [-0.2, -0.15) is 0 Å². The van der Waals surface area contributed by atoms with E-state index in [-0.39, 0.29) is 0 Å². The van der Waals surface area contributed by atoms with E-state index in [0.29, 0.717) is 5.92 Å². The Hall–Kier alpha value is -1.71. The minimum Gasteiger partial charge on any atom is -0.311 e. The van der Waals surface area contributed by atoms with Gasteiger partial charge in [-0.15, -0.1) is 10.2 Å². The molecule has 0 bridgehead atoms. The summed E-state index contributed by atoms with van der Waals surface area (Å²) in [5.41, 5.74) is 1.10. The summed E-state index contributed by atoms with van der Waals surface area (Å²) in [5, 5.41) is 8.55. The van der Waals surface area contributed by atoms with Crippen LogP contribution in [-0.2, 0) is 13.0 Å². The van der Waals surface area contributed by atoms with E-state index in [1.807, 2.05) is 12.1 Å². The van der Waals surface area contributed by atoms with Crippen LogP contribution in [0.25, 0.3) is 11.4 Å². The SMILES string of the molecule is CC1CCc2nnc(-c3ccncc3)n2C1. The Morgan fingerprint density at radius 1 is 1.25 bits per heavy atom. The molecule has 16 heavy (non-hydrogen) atoms. The number of pyridine rings is 1. The van der Waals surface area contributed by atoms with E-state index in [1.165, 1.54) is 6.42 Å². The van der Waals surface area contributed by atoms with Crippen LogP contribution in [0.4, 0.5) is 0 Å². The first-order valence-electron chi connectivity index (χ1n) is 5.67. The number of hydrogen-bond donors (Lipinski definition) is 0. The van der Waals surface area contributed by atoms with Gasteiger partial charge in [0.2, 0.25) is 0 Å². The Balaban J connectivity index is 2.07. The van der Waals surface area contributed by atoms with Gasteiger partial charge >= 0.3 is 0 Å². The number of fused-ring (bicyclic) bond motifs is 1. The minimum absolute atomic E-state index is 0.712. The molecular formula is C12H14N4. The molecule has 1 unspecified atom stereocenters. The van der Waals surface area contributed by atoms with E-state index in [4.69, 9.17) is 0 Å². The molecule has 0 radical (unpaired) electrons. The average Bonchev–Trinajstić information content (AvgIpc) is 2.73. The van der Waals surface area contributed by atoms with Crippen LogP contribution >= 0.6 is 0 Å². The highest BCUT2D eigenvalue weighted by Gasteiger charge is 2.20. The average molecular weight is 214 g/mol. The Kier molecular flexibility index (Phi) is 2.20. The zero-order chi connectivity index (χ0) is 11.0. The quantitative estimate of drug-likeness (QED) is 0.728. The van der Waals surface area contributed by atoms with Crippen molar-refractivity contribution in [2.24, 2.45) is 5.92 Å². The van der Waals surface area contributed by atoms with Crippen LogP contribution in [-0.4, -0.2) is 19.7 Å². The summed E-state index contributed by atoms with van der Waals surface area (Å²) in [4.78, 5) is 4.02. The lowest BCUT2D eigenvalue weighted by Crippen LogP contribution is -2.18. The monoisotopic (exact) mass is 214 g/mol. The van der Waals surface area contributed by atoms with E-state index in [9.17, 15) is 0 Å². The Bertz CT molecular complexity index is 489. The van der Waals surface area contributed by atoms with Gasteiger partial charge in [-0.25, -0.2) is 0 Å². The molecule has 82 valence electrons. The molecule has 4 nitrogen and oxygen atoms in total. The van der Waals surface area contributed by atoms with Crippen molar-refractivity contribution in [2.45, 2.75) is 26.3 Å². The molecule has 0 spiro atoms. The van der Waals surface area contributed by atoms with Gasteiger partial charge in [-0.05, 0) is 24.5 Å². The van der Waals surface area contributed by atoms with Crippen LogP contribution in [0.2, 0.25) is 0 Å². The lowest BCUT2D eigenvalue weighted by molar-refractivity contribution is 0.396. The predicted octanol–water partition coefficient (Wildman–Crippen LogP) is 1.92. The van der Waals surface area contributed by atoms with E-state index in [0.717, 1.165) is 30.2 Å². The van der Waals surface area contributed by atoms with Gasteiger partial charge in [0, 0.05) is 30.9 Å². The first kappa shape index (κ1) is 9.51. The van der Waals surface area contributed by atoms with E-state index in [1.54, 1.807) is 12.4 Å². The molecule has 0 aliphatic carbocycles. The third-order valence-electron chi connectivity index (χ3n) is 3.12. The van der Waals surface area contributed by atoms with Crippen molar-refractivity contribution in [1.82, 2.24) is 19.7 Å². The number of aryl methyl sites for hydroxylation is 1. The Morgan fingerprint density at radius 2 is 2.06 bits per heavy atom. The van der Waals surface area contributed by atoms with Crippen LogP contribution in [0.5, 0.6) is 0 Å². The number of rotatable bonds is 1. The van der Waals surface area contributed by atoms with Crippen LogP contribution in [0, 0.1) is 5.92 Å². The van der Waals surface area contributed by atoms with Crippen molar-refractivity contribution in [2.75, 3.05) is 0 Å². The summed E-state index contributed by atoms with van der Waals surface area (Å²) >= 11 is 0. The summed E-state index contributed by atoms with van der Waals surface area (Å²) in [7, 11) is 0. The molecule has 1 aliphatic heterocycles. The number of hydrogen-bond acceptors (Lipinski definition) is 3. The molecule has 0 amide bonds. The zero-order valence-electron chi connectivity index (χ0n) is 9.30. The second kappa shape index (κ2) is 3.70. The maximum Gasteiger partial charge on any atom is 0.164 e. The molecular weight excluding hydrogens is 200 g/mol. The fourth-order valence-electron chi connectivity index (χ4n) is 2.21. The van der Waals surface area contributed by atoms with Crippen molar-refractivity contribution in [3.63, 3.8) is 0 Å². The summed E-state index contributed by atoms with van der Waals surface area (Å²) in [6, 6.07) is 3.97. The molecule has 0 saturated carbocycles. The van der Waals surface area contributed by atoms with Gasteiger partial charge in [0.05, 0.1) is 0 Å². The lowest BCUT2D eigenvalue weighted by atomic mass is 10.0.